The van der Waals surface area contributed by atoms with Gasteiger partial charge in [0.15, 0.2) is 0 Å². The van der Waals surface area contributed by atoms with Crippen LogP contribution in [0.3, 0.4) is 0 Å². The molecule has 1 aromatic rings. The van der Waals surface area contributed by atoms with Crippen LogP contribution in [0.4, 0.5) is 0 Å². The fraction of sp³-hybridized carbons (Fsp3) is 0.375. The van der Waals surface area contributed by atoms with E-state index in [9.17, 15) is 0 Å². The molecule has 0 saturated heterocycles. The molecule has 0 amide bonds. The highest BCUT2D eigenvalue weighted by Gasteiger charge is 2.20. The predicted molar refractivity (Wildman–Crippen MR) is 50.0 cm³/mol. The van der Waals surface area contributed by atoms with Crippen molar-refractivity contribution in [2.45, 2.75) is 13.8 Å². The van der Waals surface area contributed by atoms with E-state index in [1.807, 2.05) is 6.92 Å². The van der Waals surface area contributed by atoms with Gasteiger partial charge in [-0.25, -0.2) is 4.98 Å². The lowest BCUT2D eigenvalue weighted by Crippen LogP contribution is -2.34. The molecule has 0 aromatic carbocycles. The maximum absolute atomic E-state index is 9.05. The number of rotatable bonds is 3. The second kappa shape index (κ2) is 4.25. The summed E-state index contributed by atoms with van der Waals surface area (Å²) >= 11 is 0. The molecule has 13 heavy (non-hydrogen) atoms. The van der Waals surface area contributed by atoms with Crippen LogP contribution in [0.15, 0.2) is 12.3 Å². The Labute approximate surface area is 77.3 Å². The number of nitrogens with zero attached hydrogens (tertiary/aromatic N) is 1. The molecular weight excluding hydrogens is 169 g/mol. The van der Waals surface area contributed by atoms with Gasteiger partial charge in [-0.2, -0.15) is 0 Å². The fourth-order valence-corrected chi connectivity index (χ4v) is 1.11. The summed E-state index contributed by atoms with van der Waals surface area (Å²) in [5.74, 6) is 0.289. The van der Waals surface area contributed by atoms with E-state index in [4.69, 9.17) is 14.8 Å². The Bertz CT molecular complexity index is 291. The van der Waals surface area contributed by atoms with Crippen molar-refractivity contribution in [3.05, 3.63) is 17.8 Å². The van der Waals surface area contributed by atoms with Gasteiger partial charge in [0, 0.05) is 11.7 Å². The molecule has 0 aliphatic carbocycles. The van der Waals surface area contributed by atoms with Crippen molar-refractivity contribution >= 4 is 12.6 Å². The average Bonchev–Trinajstić information content (AvgIpc) is 2.04. The molecule has 1 rings (SSSR count). The minimum absolute atomic E-state index is 0.289. The molecule has 4 nitrogen and oxygen atoms in total. The Morgan fingerprint density at radius 2 is 2.23 bits per heavy atom. The van der Waals surface area contributed by atoms with E-state index in [1.54, 1.807) is 19.2 Å². The minimum Gasteiger partial charge on any atom is -0.478 e. The van der Waals surface area contributed by atoms with Crippen LogP contribution in [0.25, 0.3) is 0 Å². The quantitative estimate of drug-likeness (QED) is 0.615. The van der Waals surface area contributed by atoms with Crippen LogP contribution >= 0.6 is 0 Å². The van der Waals surface area contributed by atoms with Gasteiger partial charge in [-0.3, -0.25) is 0 Å². The summed E-state index contributed by atoms with van der Waals surface area (Å²) in [6.45, 7) is 4.05. The van der Waals surface area contributed by atoms with Gasteiger partial charge in [-0.05, 0) is 25.5 Å². The van der Waals surface area contributed by atoms with Crippen molar-refractivity contribution in [2.75, 3.05) is 6.61 Å². The lowest BCUT2D eigenvalue weighted by molar-refractivity contribution is 0.326. The number of ether oxygens (including phenoxy) is 1. The first-order chi connectivity index (χ1) is 6.16. The van der Waals surface area contributed by atoms with Gasteiger partial charge in [-0.1, -0.05) is 0 Å². The molecule has 0 unspecified atom stereocenters. The summed E-state index contributed by atoms with van der Waals surface area (Å²) in [6.07, 6.45) is 1.58. The third kappa shape index (κ3) is 2.20. The summed E-state index contributed by atoms with van der Waals surface area (Å²) in [4.78, 5) is 3.91. The molecule has 1 aromatic heterocycles. The van der Waals surface area contributed by atoms with Gasteiger partial charge in [0.05, 0.1) is 6.61 Å². The van der Waals surface area contributed by atoms with E-state index < -0.39 is 7.12 Å². The van der Waals surface area contributed by atoms with Crippen LogP contribution in [-0.2, 0) is 0 Å². The SMILES string of the molecule is CCOc1nccc(C)c1B(O)O. The number of aryl methyl sites for hydroxylation is 1. The second-order valence-electron chi connectivity index (χ2n) is 2.65. The second-order valence-corrected chi connectivity index (χ2v) is 2.65. The summed E-state index contributed by atoms with van der Waals surface area (Å²) in [7, 11) is -1.53. The molecule has 0 bridgehead atoms. The molecule has 5 heteroatoms. The van der Waals surface area contributed by atoms with Gasteiger partial charge >= 0.3 is 7.12 Å². The van der Waals surface area contributed by atoms with E-state index in [0.29, 0.717) is 12.1 Å². The normalized spacial score (nSPS) is 9.85. The lowest BCUT2D eigenvalue weighted by atomic mass is 9.78. The Hall–Kier alpha value is -1.07. The van der Waals surface area contributed by atoms with Crippen molar-refractivity contribution in [3.8, 4) is 5.88 Å². The monoisotopic (exact) mass is 181 g/mol. The molecule has 2 N–H and O–H groups in total. The van der Waals surface area contributed by atoms with Crippen molar-refractivity contribution < 1.29 is 14.8 Å². The first-order valence-electron chi connectivity index (χ1n) is 4.11. The van der Waals surface area contributed by atoms with Gasteiger partial charge < -0.3 is 14.8 Å². The Kier molecular flexibility index (Phi) is 3.28. The Balaban J connectivity index is 3.10. The maximum atomic E-state index is 9.05. The number of hydrogen-bond acceptors (Lipinski definition) is 4. The lowest BCUT2D eigenvalue weighted by Gasteiger charge is -2.09. The van der Waals surface area contributed by atoms with Crippen LogP contribution in [0.1, 0.15) is 12.5 Å². The molecule has 0 aliphatic heterocycles. The van der Waals surface area contributed by atoms with Gasteiger partial charge in [0.25, 0.3) is 0 Å². The summed E-state index contributed by atoms with van der Waals surface area (Å²) < 4.78 is 5.15. The van der Waals surface area contributed by atoms with Crippen LogP contribution in [-0.4, -0.2) is 28.8 Å². The third-order valence-electron chi connectivity index (χ3n) is 1.71. The molecule has 0 saturated carbocycles. The zero-order valence-corrected chi connectivity index (χ0v) is 7.69. The van der Waals surface area contributed by atoms with Crippen LogP contribution in [0.5, 0.6) is 5.88 Å². The zero-order valence-electron chi connectivity index (χ0n) is 7.69. The average molecular weight is 181 g/mol. The van der Waals surface area contributed by atoms with Crippen molar-refractivity contribution in [1.29, 1.82) is 0 Å². The largest absolute Gasteiger partial charge is 0.494 e. The summed E-state index contributed by atoms with van der Waals surface area (Å²) in [5.41, 5.74) is 1.10. The minimum atomic E-state index is -1.53. The highest BCUT2D eigenvalue weighted by molar-refractivity contribution is 6.60. The van der Waals surface area contributed by atoms with Crippen LogP contribution in [0.2, 0.25) is 0 Å². The number of aromatic nitrogens is 1. The number of pyridine rings is 1. The molecule has 0 atom stereocenters. The molecular formula is C8H12BNO3. The summed E-state index contributed by atoms with van der Waals surface area (Å²) in [5, 5.41) is 18.1. The van der Waals surface area contributed by atoms with Crippen LogP contribution < -0.4 is 10.2 Å². The number of hydrogen-bond donors (Lipinski definition) is 2. The molecule has 0 spiro atoms. The van der Waals surface area contributed by atoms with E-state index in [0.717, 1.165) is 5.56 Å². The Morgan fingerprint density at radius 1 is 1.54 bits per heavy atom. The molecule has 0 aliphatic rings. The molecule has 1 heterocycles. The van der Waals surface area contributed by atoms with E-state index >= 15 is 0 Å². The standard InChI is InChI=1S/C8H12BNO3/c1-3-13-8-7(9(11)12)6(2)4-5-10-8/h4-5,11-12H,3H2,1-2H3. The molecule has 0 radical (unpaired) electrons. The summed E-state index contributed by atoms with van der Waals surface area (Å²) in [6, 6.07) is 1.71. The maximum Gasteiger partial charge on any atom is 0.494 e. The smallest absolute Gasteiger partial charge is 0.478 e. The first kappa shape index (κ1) is 10.0. The third-order valence-corrected chi connectivity index (χ3v) is 1.71. The van der Waals surface area contributed by atoms with E-state index in [2.05, 4.69) is 4.98 Å². The first-order valence-corrected chi connectivity index (χ1v) is 4.11. The molecule has 0 fully saturated rings. The molecule has 70 valence electrons. The van der Waals surface area contributed by atoms with Crippen molar-refractivity contribution in [1.82, 2.24) is 4.98 Å². The van der Waals surface area contributed by atoms with Gasteiger partial charge in [0.1, 0.15) is 0 Å². The highest BCUT2D eigenvalue weighted by atomic mass is 16.5. The van der Waals surface area contributed by atoms with Crippen molar-refractivity contribution in [2.24, 2.45) is 0 Å². The van der Waals surface area contributed by atoms with Gasteiger partial charge in [0.2, 0.25) is 5.88 Å². The predicted octanol–water partition coefficient (Wildman–Crippen LogP) is -0.531. The van der Waals surface area contributed by atoms with Crippen LogP contribution in [0, 0.1) is 6.92 Å². The Morgan fingerprint density at radius 3 is 2.77 bits per heavy atom. The zero-order chi connectivity index (χ0) is 9.84. The van der Waals surface area contributed by atoms with E-state index in [1.165, 1.54) is 0 Å². The van der Waals surface area contributed by atoms with E-state index in [-0.39, 0.29) is 5.88 Å². The fourth-order valence-electron chi connectivity index (χ4n) is 1.11. The topological polar surface area (TPSA) is 62.6 Å². The van der Waals surface area contributed by atoms with Crippen molar-refractivity contribution in [3.63, 3.8) is 0 Å². The van der Waals surface area contributed by atoms with Gasteiger partial charge in [-0.15, -0.1) is 0 Å². The highest BCUT2D eigenvalue weighted by Crippen LogP contribution is 2.05.